The third kappa shape index (κ3) is 11.2. The summed E-state index contributed by atoms with van der Waals surface area (Å²) in [5, 5.41) is 2.80. The van der Waals surface area contributed by atoms with Crippen LogP contribution < -0.4 is 11.1 Å². The molecule has 3 N–H and O–H groups in total. The smallest absolute Gasteiger partial charge is 0.220 e. The van der Waals surface area contributed by atoms with Gasteiger partial charge in [-0.1, -0.05) is 6.08 Å². The molecule has 4 heteroatoms. The van der Waals surface area contributed by atoms with Crippen molar-refractivity contribution in [1.29, 1.82) is 0 Å². The number of carbonyl (C=O) groups is 1. The van der Waals surface area contributed by atoms with E-state index < -0.39 is 0 Å². The minimum absolute atomic E-state index is 0.0768. The molecule has 0 aromatic heterocycles. The van der Waals surface area contributed by atoms with E-state index in [-0.39, 0.29) is 11.9 Å². The van der Waals surface area contributed by atoms with Gasteiger partial charge in [-0.2, -0.15) is 0 Å². The quantitative estimate of drug-likeness (QED) is 0.436. The molecular formula is C12H24N2O2. The van der Waals surface area contributed by atoms with E-state index in [9.17, 15) is 4.79 Å². The molecule has 94 valence electrons. The van der Waals surface area contributed by atoms with Crippen molar-refractivity contribution in [2.75, 3.05) is 19.8 Å². The van der Waals surface area contributed by atoms with Crippen molar-refractivity contribution >= 4 is 5.91 Å². The van der Waals surface area contributed by atoms with Crippen molar-refractivity contribution < 1.29 is 9.53 Å². The normalized spacial score (nSPS) is 12.1. The van der Waals surface area contributed by atoms with E-state index in [0.29, 0.717) is 26.2 Å². The minimum atomic E-state index is 0.0768. The zero-order valence-corrected chi connectivity index (χ0v) is 10.2. The molecule has 0 saturated carbocycles. The molecule has 0 aliphatic rings. The molecule has 0 fully saturated rings. The van der Waals surface area contributed by atoms with Crippen molar-refractivity contribution in [3.63, 3.8) is 0 Å². The number of hydrogen-bond donors (Lipinski definition) is 2. The fourth-order valence-electron chi connectivity index (χ4n) is 1.20. The van der Waals surface area contributed by atoms with Crippen molar-refractivity contribution in [1.82, 2.24) is 5.32 Å². The van der Waals surface area contributed by atoms with Gasteiger partial charge < -0.3 is 15.8 Å². The lowest BCUT2D eigenvalue weighted by atomic mass is 10.1. The first-order chi connectivity index (χ1) is 7.66. The highest BCUT2D eigenvalue weighted by molar-refractivity contribution is 5.75. The SMILES string of the molecule is C=CCCOCCNC(=O)CCCC(C)N. The molecule has 0 aromatic rings. The van der Waals surface area contributed by atoms with E-state index in [1.807, 2.05) is 13.0 Å². The van der Waals surface area contributed by atoms with Crippen LogP contribution in [0.3, 0.4) is 0 Å². The first-order valence-corrected chi connectivity index (χ1v) is 5.87. The Morgan fingerprint density at radius 1 is 1.56 bits per heavy atom. The highest BCUT2D eigenvalue weighted by atomic mass is 16.5. The summed E-state index contributed by atoms with van der Waals surface area (Å²) in [4.78, 5) is 11.3. The van der Waals surface area contributed by atoms with E-state index in [2.05, 4.69) is 11.9 Å². The maximum Gasteiger partial charge on any atom is 0.220 e. The molecule has 1 amide bonds. The maximum atomic E-state index is 11.3. The van der Waals surface area contributed by atoms with Crippen LogP contribution in [0.25, 0.3) is 0 Å². The number of ether oxygens (including phenoxy) is 1. The Morgan fingerprint density at radius 2 is 2.31 bits per heavy atom. The molecule has 0 aliphatic carbocycles. The van der Waals surface area contributed by atoms with Crippen LogP contribution >= 0.6 is 0 Å². The van der Waals surface area contributed by atoms with E-state index in [1.54, 1.807) is 0 Å². The predicted octanol–water partition coefficient (Wildman–Crippen LogP) is 1.21. The molecule has 1 unspecified atom stereocenters. The Kier molecular flexibility index (Phi) is 10.1. The number of nitrogens with two attached hydrogens (primary N) is 1. The maximum absolute atomic E-state index is 11.3. The molecular weight excluding hydrogens is 204 g/mol. The second kappa shape index (κ2) is 10.6. The Labute approximate surface area is 98.2 Å². The second-order valence-electron chi connectivity index (χ2n) is 3.91. The number of rotatable bonds is 10. The highest BCUT2D eigenvalue weighted by Gasteiger charge is 2.01. The predicted molar refractivity (Wildman–Crippen MR) is 66.1 cm³/mol. The third-order valence-electron chi connectivity index (χ3n) is 2.10. The molecule has 0 rings (SSSR count). The molecule has 0 heterocycles. The van der Waals surface area contributed by atoms with Gasteiger partial charge in [-0.05, 0) is 26.2 Å². The summed E-state index contributed by atoms with van der Waals surface area (Å²) in [6.45, 7) is 7.35. The molecule has 1 atom stereocenters. The first kappa shape index (κ1) is 15.1. The molecule has 0 aliphatic heterocycles. The van der Waals surface area contributed by atoms with Gasteiger partial charge in [-0.3, -0.25) is 4.79 Å². The van der Waals surface area contributed by atoms with Gasteiger partial charge >= 0.3 is 0 Å². The Balaban J connectivity index is 3.20. The van der Waals surface area contributed by atoms with E-state index in [0.717, 1.165) is 19.3 Å². The van der Waals surface area contributed by atoms with Gasteiger partial charge in [0.2, 0.25) is 5.91 Å². The zero-order valence-electron chi connectivity index (χ0n) is 10.2. The van der Waals surface area contributed by atoms with E-state index >= 15 is 0 Å². The van der Waals surface area contributed by atoms with Gasteiger partial charge in [0.15, 0.2) is 0 Å². The van der Waals surface area contributed by atoms with Crippen molar-refractivity contribution in [3.8, 4) is 0 Å². The van der Waals surface area contributed by atoms with Crippen LogP contribution in [0.2, 0.25) is 0 Å². The van der Waals surface area contributed by atoms with Crippen LogP contribution in [0.4, 0.5) is 0 Å². The molecule has 0 aromatic carbocycles. The molecule has 0 bridgehead atoms. The van der Waals surface area contributed by atoms with Gasteiger partial charge in [0, 0.05) is 19.0 Å². The summed E-state index contributed by atoms with van der Waals surface area (Å²) < 4.78 is 5.26. The molecule has 4 nitrogen and oxygen atoms in total. The monoisotopic (exact) mass is 228 g/mol. The molecule has 0 spiro atoms. The summed E-state index contributed by atoms with van der Waals surface area (Å²) >= 11 is 0. The summed E-state index contributed by atoms with van der Waals surface area (Å²) in [5.41, 5.74) is 5.59. The van der Waals surface area contributed by atoms with Gasteiger partial charge in [0.1, 0.15) is 0 Å². The Morgan fingerprint density at radius 3 is 2.94 bits per heavy atom. The largest absolute Gasteiger partial charge is 0.379 e. The van der Waals surface area contributed by atoms with E-state index in [1.165, 1.54) is 0 Å². The van der Waals surface area contributed by atoms with Gasteiger partial charge in [0.25, 0.3) is 0 Å². The molecule has 16 heavy (non-hydrogen) atoms. The zero-order chi connectivity index (χ0) is 12.2. The van der Waals surface area contributed by atoms with Crippen molar-refractivity contribution in [2.24, 2.45) is 5.73 Å². The minimum Gasteiger partial charge on any atom is -0.379 e. The van der Waals surface area contributed by atoms with Gasteiger partial charge in [-0.15, -0.1) is 6.58 Å². The average molecular weight is 228 g/mol. The number of amides is 1. The lowest BCUT2D eigenvalue weighted by Gasteiger charge is -2.06. The van der Waals surface area contributed by atoms with Crippen LogP contribution in [0.5, 0.6) is 0 Å². The lowest BCUT2D eigenvalue weighted by Crippen LogP contribution is -2.27. The van der Waals surface area contributed by atoms with Crippen LogP contribution in [0.15, 0.2) is 12.7 Å². The topological polar surface area (TPSA) is 64.3 Å². The average Bonchev–Trinajstić information content (AvgIpc) is 2.22. The summed E-state index contributed by atoms with van der Waals surface area (Å²) in [7, 11) is 0. The first-order valence-electron chi connectivity index (χ1n) is 5.87. The van der Waals surface area contributed by atoms with Crippen LogP contribution in [0, 0.1) is 0 Å². The Hall–Kier alpha value is -0.870. The standard InChI is InChI=1S/C12H24N2O2/c1-3-4-9-16-10-8-14-12(15)7-5-6-11(2)13/h3,11H,1,4-10,13H2,2H3,(H,14,15). The summed E-state index contributed by atoms with van der Waals surface area (Å²) in [6.07, 6.45) is 4.95. The lowest BCUT2D eigenvalue weighted by molar-refractivity contribution is -0.121. The third-order valence-corrected chi connectivity index (χ3v) is 2.10. The molecule has 0 saturated heterocycles. The second-order valence-corrected chi connectivity index (χ2v) is 3.91. The van der Waals surface area contributed by atoms with Gasteiger partial charge in [0.05, 0.1) is 13.2 Å². The van der Waals surface area contributed by atoms with E-state index in [4.69, 9.17) is 10.5 Å². The Bertz CT molecular complexity index is 193. The van der Waals surface area contributed by atoms with Crippen LogP contribution in [-0.2, 0) is 9.53 Å². The number of carbonyl (C=O) groups excluding carboxylic acids is 1. The molecule has 0 radical (unpaired) electrons. The van der Waals surface area contributed by atoms with Gasteiger partial charge in [-0.25, -0.2) is 0 Å². The fraction of sp³-hybridized carbons (Fsp3) is 0.750. The van der Waals surface area contributed by atoms with Crippen LogP contribution in [-0.4, -0.2) is 31.7 Å². The van der Waals surface area contributed by atoms with Crippen molar-refractivity contribution in [3.05, 3.63) is 12.7 Å². The van der Waals surface area contributed by atoms with Crippen LogP contribution in [0.1, 0.15) is 32.6 Å². The summed E-state index contributed by atoms with van der Waals surface area (Å²) in [6, 6.07) is 0.176. The number of nitrogens with one attached hydrogen (secondary N) is 1. The summed E-state index contributed by atoms with van der Waals surface area (Å²) in [5.74, 6) is 0.0768. The number of hydrogen-bond acceptors (Lipinski definition) is 3. The highest BCUT2D eigenvalue weighted by Crippen LogP contribution is 1.97. The van der Waals surface area contributed by atoms with Crippen molar-refractivity contribution in [2.45, 2.75) is 38.6 Å². The fourth-order valence-corrected chi connectivity index (χ4v) is 1.20.